The lowest BCUT2D eigenvalue weighted by Crippen LogP contribution is -2.51. The molecule has 1 atom stereocenters. The number of hydrogen-bond donors (Lipinski definition) is 1. The number of amides is 2. The van der Waals surface area contributed by atoms with Crippen molar-refractivity contribution in [1.82, 2.24) is 10.2 Å². The molecule has 0 aromatic heterocycles. The number of benzene rings is 3. The van der Waals surface area contributed by atoms with Gasteiger partial charge < -0.3 is 10.2 Å². The molecule has 0 spiro atoms. The average molecular weight is 577 g/mol. The van der Waals surface area contributed by atoms with Crippen LogP contribution in [-0.2, 0) is 26.2 Å². The first-order valence-corrected chi connectivity index (χ1v) is 14.4. The zero-order chi connectivity index (χ0) is 27.9. The van der Waals surface area contributed by atoms with Gasteiger partial charge in [0, 0.05) is 23.1 Å². The number of sulfonamides is 1. The molecule has 3 aromatic carbocycles. The Bertz CT molecular complexity index is 1380. The Balaban J connectivity index is 2.03. The molecule has 0 unspecified atom stereocenters. The zero-order valence-electron chi connectivity index (χ0n) is 21.5. The van der Waals surface area contributed by atoms with E-state index in [4.69, 9.17) is 23.2 Å². The minimum atomic E-state index is -4.15. The van der Waals surface area contributed by atoms with Crippen molar-refractivity contribution in [3.05, 3.63) is 94.0 Å². The molecule has 0 aliphatic heterocycles. The summed E-state index contributed by atoms with van der Waals surface area (Å²) in [5.74, 6) is -0.890. The van der Waals surface area contributed by atoms with Gasteiger partial charge in [-0.1, -0.05) is 66.5 Å². The van der Waals surface area contributed by atoms with Crippen LogP contribution in [0.3, 0.4) is 0 Å². The predicted octanol–water partition coefficient (Wildman–Crippen LogP) is 5.44. The number of anilines is 1. The summed E-state index contributed by atoms with van der Waals surface area (Å²) in [7, 11) is -4.15. The van der Waals surface area contributed by atoms with E-state index in [1.54, 1.807) is 68.4 Å². The van der Waals surface area contributed by atoms with Gasteiger partial charge in [-0.25, -0.2) is 8.42 Å². The van der Waals surface area contributed by atoms with Gasteiger partial charge in [0.25, 0.3) is 10.0 Å². The van der Waals surface area contributed by atoms with Crippen LogP contribution in [0.15, 0.2) is 77.7 Å². The second-order valence-corrected chi connectivity index (χ2v) is 11.6. The standard InChI is InChI=1S/C28H31Cl2N3O4S/c1-4-15-31-28(35)21(3)32(18-22-9-8-10-23(29)16-22)27(34)19-33(24-14-13-20(2)26(30)17-24)38(36,37)25-11-6-5-7-12-25/h5-14,16-17,21H,4,15,18-19H2,1-3H3,(H,31,35)/t21-/m0/s1. The van der Waals surface area contributed by atoms with Gasteiger partial charge in [0.1, 0.15) is 12.6 Å². The molecule has 1 N–H and O–H groups in total. The summed E-state index contributed by atoms with van der Waals surface area (Å²) in [6.07, 6.45) is 0.734. The molecule has 7 nitrogen and oxygen atoms in total. The molecular formula is C28H31Cl2N3O4S. The average Bonchev–Trinajstić information content (AvgIpc) is 2.90. The van der Waals surface area contributed by atoms with Crippen LogP contribution in [0.25, 0.3) is 0 Å². The van der Waals surface area contributed by atoms with Crippen LogP contribution in [-0.4, -0.2) is 44.3 Å². The maximum absolute atomic E-state index is 13.8. The van der Waals surface area contributed by atoms with E-state index in [0.29, 0.717) is 22.2 Å². The van der Waals surface area contributed by atoms with E-state index >= 15 is 0 Å². The Morgan fingerprint density at radius 1 is 0.974 bits per heavy atom. The van der Waals surface area contributed by atoms with Crippen LogP contribution in [0, 0.1) is 6.92 Å². The Morgan fingerprint density at radius 3 is 2.32 bits per heavy atom. The molecule has 3 aromatic rings. The van der Waals surface area contributed by atoms with E-state index in [-0.39, 0.29) is 23.0 Å². The van der Waals surface area contributed by atoms with E-state index in [1.165, 1.54) is 23.1 Å². The monoisotopic (exact) mass is 575 g/mol. The third kappa shape index (κ3) is 7.28. The normalized spacial score (nSPS) is 12.0. The highest BCUT2D eigenvalue weighted by Crippen LogP contribution is 2.28. The summed E-state index contributed by atoms with van der Waals surface area (Å²) in [5.41, 5.74) is 1.71. The lowest BCUT2D eigenvalue weighted by Gasteiger charge is -2.32. The molecule has 2 amide bonds. The highest BCUT2D eigenvalue weighted by molar-refractivity contribution is 7.92. The molecule has 0 saturated heterocycles. The Hall–Kier alpha value is -3.07. The van der Waals surface area contributed by atoms with E-state index in [0.717, 1.165) is 16.3 Å². The summed E-state index contributed by atoms with van der Waals surface area (Å²) >= 11 is 12.5. The van der Waals surface area contributed by atoms with Gasteiger partial charge in [-0.2, -0.15) is 0 Å². The number of aryl methyl sites for hydroxylation is 1. The number of rotatable bonds is 11. The second kappa shape index (κ2) is 13.1. The number of hydrogen-bond acceptors (Lipinski definition) is 4. The minimum absolute atomic E-state index is 0.0274. The molecule has 0 radical (unpaired) electrons. The summed E-state index contributed by atoms with van der Waals surface area (Å²) in [5, 5.41) is 3.66. The van der Waals surface area contributed by atoms with Crippen LogP contribution in [0.5, 0.6) is 0 Å². The van der Waals surface area contributed by atoms with Gasteiger partial charge in [-0.05, 0) is 67.8 Å². The summed E-state index contributed by atoms with van der Waals surface area (Å²) in [4.78, 5) is 28.1. The molecule has 0 bridgehead atoms. The van der Waals surface area contributed by atoms with Gasteiger partial charge in [0.2, 0.25) is 11.8 Å². The Morgan fingerprint density at radius 2 is 1.68 bits per heavy atom. The highest BCUT2D eigenvalue weighted by Gasteiger charge is 2.32. The molecular weight excluding hydrogens is 545 g/mol. The molecule has 0 aliphatic rings. The van der Waals surface area contributed by atoms with Gasteiger partial charge in [-0.3, -0.25) is 13.9 Å². The zero-order valence-corrected chi connectivity index (χ0v) is 23.9. The maximum atomic E-state index is 13.8. The smallest absolute Gasteiger partial charge is 0.264 e. The van der Waals surface area contributed by atoms with Gasteiger partial charge in [0.05, 0.1) is 10.6 Å². The number of nitrogens with one attached hydrogen (secondary N) is 1. The Kier molecular flexibility index (Phi) is 10.2. The molecule has 0 heterocycles. The van der Waals surface area contributed by atoms with Crippen LogP contribution < -0.4 is 9.62 Å². The largest absolute Gasteiger partial charge is 0.354 e. The SMILES string of the molecule is CCCNC(=O)[C@H](C)N(Cc1cccc(Cl)c1)C(=O)CN(c1ccc(C)c(Cl)c1)S(=O)(=O)c1ccccc1. The fourth-order valence-electron chi connectivity index (χ4n) is 3.80. The van der Waals surface area contributed by atoms with Crippen molar-refractivity contribution in [2.45, 2.75) is 44.7 Å². The Labute approximate surface area is 234 Å². The highest BCUT2D eigenvalue weighted by atomic mass is 35.5. The second-order valence-electron chi connectivity index (χ2n) is 8.88. The van der Waals surface area contributed by atoms with Crippen molar-refractivity contribution in [1.29, 1.82) is 0 Å². The van der Waals surface area contributed by atoms with Crippen molar-refractivity contribution in [2.24, 2.45) is 0 Å². The lowest BCUT2D eigenvalue weighted by atomic mass is 10.1. The molecule has 10 heteroatoms. The van der Waals surface area contributed by atoms with E-state index in [2.05, 4.69) is 5.32 Å². The van der Waals surface area contributed by atoms with Gasteiger partial charge in [0.15, 0.2) is 0 Å². The van der Waals surface area contributed by atoms with E-state index in [9.17, 15) is 18.0 Å². The van der Waals surface area contributed by atoms with Crippen molar-refractivity contribution in [2.75, 3.05) is 17.4 Å². The number of carbonyl (C=O) groups excluding carboxylic acids is 2. The van der Waals surface area contributed by atoms with E-state index < -0.39 is 28.5 Å². The first-order valence-electron chi connectivity index (χ1n) is 12.2. The van der Waals surface area contributed by atoms with Crippen molar-refractivity contribution in [3.8, 4) is 0 Å². The third-order valence-corrected chi connectivity index (χ3v) is 8.44. The fraction of sp³-hybridized carbons (Fsp3) is 0.286. The summed E-state index contributed by atoms with van der Waals surface area (Å²) in [6.45, 7) is 5.33. The van der Waals surface area contributed by atoms with Crippen molar-refractivity contribution in [3.63, 3.8) is 0 Å². The van der Waals surface area contributed by atoms with Crippen molar-refractivity contribution < 1.29 is 18.0 Å². The fourth-order valence-corrected chi connectivity index (χ4v) is 5.61. The first kappa shape index (κ1) is 29.5. The molecule has 202 valence electrons. The van der Waals surface area contributed by atoms with Crippen LogP contribution in [0.1, 0.15) is 31.4 Å². The van der Waals surface area contributed by atoms with E-state index in [1.807, 2.05) is 6.92 Å². The summed E-state index contributed by atoms with van der Waals surface area (Å²) < 4.78 is 28.5. The molecule has 0 fully saturated rings. The lowest BCUT2D eigenvalue weighted by molar-refractivity contribution is -0.139. The van der Waals surface area contributed by atoms with Gasteiger partial charge in [-0.15, -0.1) is 0 Å². The molecule has 3 rings (SSSR count). The quantitative estimate of drug-likeness (QED) is 0.330. The minimum Gasteiger partial charge on any atom is -0.354 e. The van der Waals surface area contributed by atoms with Crippen LogP contribution in [0.2, 0.25) is 10.0 Å². The maximum Gasteiger partial charge on any atom is 0.264 e. The number of nitrogens with zero attached hydrogens (tertiary/aromatic N) is 2. The molecule has 0 aliphatic carbocycles. The van der Waals surface area contributed by atoms with Crippen LogP contribution in [0.4, 0.5) is 5.69 Å². The van der Waals surface area contributed by atoms with Crippen LogP contribution >= 0.6 is 23.2 Å². The topological polar surface area (TPSA) is 86.8 Å². The predicted molar refractivity (Wildman–Crippen MR) is 152 cm³/mol. The molecule has 38 heavy (non-hydrogen) atoms. The molecule has 0 saturated carbocycles. The number of carbonyl (C=O) groups is 2. The first-order chi connectivity index (χ1) is 18.0. The third-order valence-electron chi connectivity index (χ3n) is 6.01. The van der Waals surface area contributed by atoms with Gasteiger partial charge >= 0.3 is 0 Å². The summed E-state index contributed by atoms with van der Waals surface area (Å²) in [6, 6.07) is 18.8. The van der Waals surface area contributed by atoms with Crippen molar-refractivity contribution >= 4 is 50.7 Å². The number of halogens is 2.